The highest BCUT2D eigenvalue weighted by molar-refractivity contribution is 6.06. The first-order chi connectivity index (χ1) is 18.1. The van der Waals surface area contributed by atoms with Crippen LogP contribution in [0.25, 0.3) is 0 Å². The van der Waals surface area contributed by atoms with Gasteiger partial charge in [0.2, 0.25) is 5.88 Å². The largest absolute Gasteiger partial charge is 0.494 e. The Balaban J connectivity index is 1.81. The normalized spacial score (nSPS) is 16.6. The summed E-state index contributed by atoms with van der Waals surface area (Å²) in [5.74, 6) is 1.02. The number of aromatic nitrogens is 1. The van der Waals surface area contributed by atoms with Crippen LogP contribution in [0.5, 0.6) is 11.6 Å². The molecule has 1 atom stereocenters. The number of amidine groups is 1. The highest BCUT2D eigenvalue weighted by Crippen LogP contribution is 2.44. The number of ether oxygens (including phenoxy) is 2. The molecule has 4 rings (SSSR count). The van der Waals surface area contributed by atoms with E-state index in [2.05, 4.69) is 16.4 Å². The van der Waals surface area contributed by atoms with E-state index in [1.165, 1.54) is 0 Å². The molecule has 0 amide bonds. The molecule has 0 spiro atoms. The third kappa shape index (κ3) is 4.56. The third-order valence-electron chi connectivity index (χ3n) is 7.06. The molecule has 38 heavy (non-hydrogen) atoms. The van der Waals surface area contributed by atoms with E-state index in [0.717, 1.165) is 16.7 Å². The first-order valence-electron chi connectivity index (χ1n) is 12.4. The summed E-state index contributed by atoms with van der Waals surface area (Å²) in [5.41, 5.74) is 3.08. The number of rotatable bonds is 8. The number of hydrogen-bond acceptors (Lipinski definition) is 7. The van der Waals surface area contributed by atoms with Crippen LogP contribution in [-0.2, 0) is 11.0 Å². The van der Waals surface area contributed by atoms with E-state index in [4.69, 9.17) is 20.1 Å². The maximum Gasteiger partial charge on any atom is 0.213 e. The van der Waals surface area contributed by atoms with Gasteiger partial charge in [-0.2, -0.15) is 5.26 Å². The second kappa shape index (κ2) is 10.2. The van der Waals surface area contributed by atoms with E-state index in [-0.39, 0.29) is 30.1 Å². The number of nitrogens with zero attached hydrogens (tertiary/aromatic N) is 3. The van der Waals surface area contributed by atoms with Gasteiger partial charge in [0.1, 0.15) is 23.8 Å². The van der Waals surface area contributed by atoms with Crippen molar-refractivity contribution >= 4 is 17.3 Å². The summed E-state index contributed by atoms with van der Waals surface area (Å²) < 4.78 is 11.0. The Labute approximate surface area is 223 Å². The summed E-state index contributed by atoms with van der Waals surface area (Å²) in [4.78, 5) is 20.3. The fourth-order valence-corrected chi connectivity index (χ4v) is 5.00. The molecule has 0 aliphatic carbocycles. The smallest absolute Gasteiger partial charge is 0.213 e. The van der Waals surface area contributed by atoms with Crippen LogP contribution in [0.15, 0.2) is 54.6 Å². The lowest BCUT2D eigenvalue weighted by molar-refractivity contribution is 0.0930. The maximum absolute atomic E-state index is 13.9. The van der Waals surface area contributed by atoms with Crippen LogP contribution in [0.1, 0.15) is 60.4 Å². The van der Waals surface area contributed by atoms with Gasteiger partial charge in [-0.05, 0) is 36.1 Å². The van der Waals surface area contributed by atoms with Crippen LogP contribution in [0, 0.1) is 16.7 Å². The van der Waals surface area contributed by atoms with Gasteiger partial charge in [-0.15, -0.1) is 0 Å². The van der Waals surface area contributed by atoms with E-state index in [0.29, 0.717) is 28.6 Å². The Kier molecular flexibility index (Phi) is 7.14. The van der Waals surface area contributed by atoms with Crippen molar-refractivity contribution in [2.75, 3.05) is 32.6 Å². The molecule has 3 aromatic rings. The number of benzene rings is 2. The van der Waals surface area contributed by atoms with E-state index < -0.39 is 5.54 Å². The van der Waals surface area contributed by atoms with Crippen LogP contribution >= 0.6 is 0 Å². The first kappa shape index (κ1) is 26.7. The predicted molar refractivity (Wildman–Crippen MR) is 147 cm³/mol. The molecule has 2 N–H and O–H groups in total. The Morgan fingerprint density at radius 1 is 1.13 bits per heavy atom. The summed E-state index contributed by atoms with van der Waals surface area (Å²) in [5, 5.41) is 21.3. The fraction of sp³-hybridized carbons (Fsp3) is 0.333. The first-order valence-corrected chi connectivity index (χ1v) is 12.4. The van der Waals surface area contributed by atoms with E-state index in [1.807, 2.05) is 70.2 Å². The number of carbonyl (C=O) groups is 1. The number of ketones is 1. The molecule has 2 heterocycles. The van der Waals surface area contributed by atoms with Crippen molar-refractivity contribution in [2.24, 2.45) is 0 Å². The van der Waals surface area contributed by atoms with Gasteiger partial charge in [0.15, 0.2) is 5.78 Å². The van der Waals surface area contributed by atoms with Gasteiger partial charge >= 0.3 is 0 Å². The zero-order valence-electron chi connectivity index (χ0n) is 22.7. The molecular weight excluding hydrogens is 478 g/mol. The number of anilines is 1. The average molecular weight is 512 g/mol. The minimum atomic E-state index is -0.788. The predicted octanol–water partition coefficient (Wildman–Crippen LogP) is 5.12. The van der Waals surface area contributed by atoms with Crippen molar-refractivity contribution in [1.29, 1.82) is 10.7 Å². The summed E-state index contributed by atoms with van der Waals surface area (Å²) in [7, 11) is 3.12. The standard InChI is InChI=1S/C30H33N5O3/c1-29(2,3)22-16-19(17-23(27(22)38-6)33-15-14-31)24(36)18-35-28(32)26-21(12-13-25(34-26)37-5)30(35,4)20-10-8-7-9-11-20/h7-13,16-17,32-33H,15,18H2,1-6H3. The summed E-state index contributed by atoms with van der Waals surface area (Å²) in [6, 6.07) is 19.2. The van der Waals surface area contributed by atoms with E-state index in [9.17, 15) is 4.79 Å². The van der Waals surface area contributed by atoms with Crippen molar-refractivity contribution in [3.05, 3.63) is 82.5 Å². The Morgan fingerprint density at radius 2 is 1.84 bits per heavy atom. The molecule has 0 bridgehead atoms. The summed E-state index contributed by atoms with van der Waals surface area (Å²) in [6.45, 7) is 8.18. The van der Waals surface area contributed by atoms with Gasteiger partial charge in [-0.1, -0.05) is 51.1 Å². The highest BCUT2D eigenvalue weighted by atomic mass is 16.5. The minimum absolute atomic E-state index is 0.0451. The highest BCUT2D eigenvalue weighted by Gasteiger charge is 2.47. The van der Waals surface area contributed by atoms with Crippen LogP contribution in [0.3, 0.4) is 0 Å². The molecule has 0 radical (unpaired) electrons. The molecule has 1 aliphatic rings. The molecule has 0 saturated carbocycles. The van der Waals surface area contributed by atoms with Crippen molar-refractivity contribution in [3.63, 3.8) is 0 Å². The fourth-order valence-electron chi connectivity index (χ4n) is 5.00. The molecule has 8 heteroatoms. The Morgan fingerprint density at radius 3 is 2.45 bits per heavy atom. The maximum atomic E-state index is 13.9. The lowest BCUT2D eigenvalue weighted by Crippen LogP contribution is -2.45. The number of fused-ring (bicyclic) bond motifs is 1. The number of hydrogen-bond donors (Lipinski definition) is 2. The number of nitriles is 1. The molecular formula is C30H33N5O3. The van der Waals surface area contributed by atoms with Crippen molar-refractivity contribution in [2.45, 2.75) is 38.6 Å². The number of nitrogens with one attached hydrogen (secondary N) is 2. The molecule has 2 aromatic carbocycles. The minimum Gasteiger partial charge on any atom is -0.494 e. The van der Waals surface area contributed by atoms with Gasteiger partial charge in [-0.3, -0.25) is 10.2 Å². The van der Waals surface area contributed by atoms with Gasteiger partial charge in [0, 0.05) is 22.8 Å². The summed E-state index contributed by atoms with van der Waals surface area (Å²) in [6.07, 6.45) is 0. The molecule has 196 valence electrons. The molecule has 0 saturated heterocycles. The van der Waals surface area contributed by atoms with Gasteiger partial charge < -0.3 is 19.7 Å². The lowest BCUT2D eigenvalue weighted by atomic mass is 9.83. The molecule has 1 aromatic heterocycles. The lowest BCUT2D eigenvalue weighted by Gasteiger charge is -2.37. The van der Waals surface area contributed by atoms with Gasteiger partial charge in [0.05, 0.1) is 38.1 Å². The number of carbonyl (C=O) groups excluding carboxylic acids is 1. The third-order valence-corrected chi connectivity index (χ3v) is 7.06. The monoisotopic (exact) mass is 511 g/mol. The second-order valence-corrected chi connectivity index (χ2v) is 10.4. The number of pyridine rings is 1. The second-order valence-electron chi connectivity index (χ2n) is 10.4. The van der Waals surface area contributed by atoms with Crippen LogP contribution in [0.4, 0.5) is 5.69 Å². The topological polar surface area (TPSA) is 111 Å². The van der Waals surface area contributed by atoms with Crippen molar-refractivity contribution in [3.8, 4) is 17.7 Å². The van der Waals surface area contributed by atoms with E-state index >= 15 is 0 Å². The molecule has 0 fully saturated rings. The molecule has 1 unspecified atom stereocenters. The van der Waals surface area contributed by atoms with Crippen molar-refractivity contribution < 1.29 is 14.3 Å². The summed E-state index contributed by atoms with van der Waals surface area (Å²) >= 11 is 0. The SMILES string of the molecule is COc1ccc2c(n1)C(=N)N(CC(=O)c1cc(NCC#N)c(OC)c(C(C)(C)C)c1)C2(C)c1ccccc1. The quantitative estimate of drug-likeness (QED) is 0.319. The number of methoxy groups -OCH3 is 2. The average Bonchev–Trinajstić information content (AvgIpc) is 3.13. The van der Waals surface area contributed by atoms with Crippen LogP contribution < -0.4 is 14.8 Å². The van der Waals surface area contributed by atoms with Crippen LogP contribution in [-0.4, -0.2) is 48.8 Å². The van der Waals surface area contributed by atoms with Gasteiger partial charge in [-0.25, -0.2) is 4.98 Å². The Hall–Kier alpha value is -4.38. The molecule has 1 aliphatic heterocycles. The number of Topliss-reactive ketones (excluding diaryl/α,β-unsaturated/α-hetero) is 1. The van der Waals surface area contributed by atoms with Crippen molar-refractivity contribution in [1.82, 2.24) is 9.88 Å². The zero-order valence-corrected chi connectivity index (χ0v) is 22.7. The zero-order chi connectivity index (χ0) is 27.7. The van der Waals surface area contributed by atoms with Crippen LogP contribution in [0.2, 0.25) is 0 Å². The Bertz CT molecular complexity index is 1420. The van der Waals surface area contributed by atoms with E-state index in [1.54, 1.807) is 31.3 Å². The van der Waals surface area contributed by atoms with Gasteiger partial charge in [0.25, 0.3) is 0 Å². The molecule has 8 nitrogen and oxygen atoms in total.